The highest BCUT2D eigenvalue weighted by molar-refractivity contribution is 5.92. The molecule has 1 aromatic rings. The van der Waals surface area contributed by atoms with Gasteiger partial charge in [-0.05, 0) is 38.5 Å². The maximum absolute atomic E-state index is 12.7. The molecule has 128 valence electrons. The molecule has 23 heavy (non-hydrogen) atoms. The number of amides is 1. The Morgan fingerprint density at radius 1 is 1.22 bits per heavy atom. The van der Waals surface area contributed by atoms with Crippen molar-refractivity contribution >= 4 is 11.7 Å². The van der Waals surface area contributed by atoms with Gasteiger partial charge in [0.25, 0.3) is 5.91 Å². The van der Waals surface area contributed by atoms with Crippen LogP contribution in [0.5, 0.6) is 0 Å². The fourth-order valence-corrected chi connectivity index (χ4v) is 3.36. The number of hydrogen-bond donors (Lipinski definition) is 0. The minimum Gasteiger partial charge on any atom is -0.354 e. The van der Waals surface area contributed by atoms with Crippen LogP contribution in [0.25, 0.3) is 0 Å². The largest absolute Gasteiger partial charge is 0.354 e. The number of hydrogen-bond acceptors (Lipinski definition) is 4. The second-order valence-electron chi connectivity index (χ2n) is 6.30. The molecule has 0 aliphatic carbocycles. The Morgan fingerprint density at radius 3 is 2.61 bits per heavy atom. The smallest absolute Gasteiger partial charge is 0.272 e. The molecule has 2 heterocycles. The van der Waals surface area contributed by atoms with Gasteiger partial charge in [-0.3, -0.25) is 4.79 Å². The van der Waals surface area contributed by atoms with Crippen molar-refractivity contribution in [3.63, 3.8) is 0 Å². The van der Waals surface area contributed by atoms with E-state index in [0.29, 0.717) is 11.7 Å². The van der Waals surface area contributed by atoms with Crippen molar-refractivity contribution in [1.29, 1.82) is 0 Å². The summed E-state index contributed by atoms with van der Waals surface area (Å²) in [6, 6.07) is 2.42. The molecule has 0 saturated carbocycles. The third kappa shape index (κ3) is 4.43. The highest BCUT2D eigenvalue weighted by Crippen LogP contribution is 2.25. The molecule has 0 aromatic carbocycles. The maximum Gasteiger partial charge on any atom is 0.272 e. The topological polar surface area (TPSA) is 49.3 Å². The number of piperidine rings is 1. The quantitative estimate of drug-likeness (QED) is 0.772. The van der Waals surface area contributed by atoms with E-state index in [4.69, 9.17) is 0 Å². The molecule has 1 amide bonds. The lowest BCUT2D eigenvalue weighted by atomic mass is 10.00. The Hall–Kier alpha value is -1.65. The molecule has 0 N–H and O–H groups in total. The van der Waals surface area contributed by atoms with E-state index in [1.807, 2.05) is 11.0 Å². The van der Waals surface area contributed by atoms with E-state index in [0.717, 1.165) is 44.7 Å². The summed E-state index contributed by atoms with van der Waals surface area (Å²) < 4.78 is 0. The van der Waals surface area contributed by atoms with Crippen molar-refractivity contribution < 1.29 is 4.79 Å². The van der Waals surface area contributed by atoms with E-state index in [1.165, 1.54) is 19.3 Å². The third-order valence-corrected chi connectivity index (χ3v) is 4.54. The molecule has 5 heteroatoms. The third-order valence-electron chi connectivity index (χ3n) is 4.54. The minimum absolute atomic E-state index is 0.0300. The Labute approximate surface area is 140 Å². The highest BCUT2D eigenvalue weighted by atomic mass is 16.2. The average Bonchev–Trinajstić information content (AvgIpc) is 2.61. The van der Waals surface area contributed by atoms with Crippen LogP contribution < -0.4 is 4.90 Å². The number of carbonyl (C=O) groups excluding carboxylic acids is 1. The molecule has 1 aliphatic rings. The number of anilines is 1. The first-order valence-electron chi connectivity index (χ1n) is 9.09. The van der Waals surface area contributed by atoms with Gasteiger partial charge in [0.05, 0.1) is 0 Å². The molecule has 5 nitrogen and oxygen atoms in total. The molecule has 1 saturated heterocycles. The van der Waals surface area contributed by atoms with Crippen molar-refractivity contribution in [2.45, 2.75) is 65.3 Å². The molecule has 2 rings (SSSR count). The lowest BCUT2D eigenvalue weighted by molar-refractivity contribution is 0.0749. The van der Waals surface area contributed by atoms with E-state index in [1.54, 1.807) is 6.33 Å². The lowest BCUT2D eigenvalue weighted by Gasteiger charge is -2.36. The molecule has 1 atom stereocenters. The SMILES string of the molecule is CCCN(CCC)C(=O)c1cc(N2CCCCC2CC)ncn1. The summed E-state index contributed by atoms with van der Waals surface area (Å²) in [6.45, 7) is 9.01. The van der Waals surface area contributed by atoms with Crippen molar-refractivity contribution in [3.8, 4) is 0 Å². The molecule has 1 fully saturated rings. The Morgan fingerprint density at radius 2 is 1.96 bits per heavy atom. The Kier molecular flexibility index (Phi) is 6.81. The summed E-state index contributed by atoms with van der Waals surface area (Å²) in [7, 11) is 0. The van der Waals surface area contributed by atoms with Crippen LogP contribution in [-0.4, -0.2) is 46.5 Å². The number of rotatable bonds is 7. The molecular weight excluding hydrogens is 288 g/mol. The molecule has 0 bridgehead atoms. The van der Waals surface area contributed by atoms with Crippen LogP contribution in [0.2, 0.25) is 0 Å². The van der Waals surface area contributed by atoms with Crippen LogP contribution in [0.1, 0.15) is 69.8 Å². The monoisotopic (exact) mass is 318 g/mol. The molecular formula is C18H30N4O. The standard InChI is InChI=1S/C18H30N4O/c1-4-10-21(11-5-2)18(23)16-13-17(20-14-19-16)22-12-8-7-9-15(22)6-3/h13-15H,4-12H2,1-3H3. The molecule has 1 aliphatic heterocycles. The van der Waals surface area contributed by atoms with Gasteiger partial charge in [0.2, 0.25) is 0 Å². The predicted octanol–water partition coefficient (Wildman–Crippen LogP) is 3.51. The van der Waals surface area contributed by atoms with Gasteiger partial charge in [-0.1, -0.05) is 20.8 Å². The highest BCUT2D eigenvalue weighted by Gasteiger charge is 2.24. The average molecular weight is 318 g/mol. The van der Waals surface area contributed by atoms with E-state index >= 15 is 0 Å². The van der Waals surface area contributed by atoms with Gasteiger partial charge < -0.3 is 9.80 Å². The second-order valence-corrected chi connectivity index (χ2v) is 6.30. The van der Waals surface area contributed by atoms with Gasteiger partial charge in [-0.15, -0.1) is 0 Å². The predicted molar refractivity (Wildman–Crippen MR) is 93.8 cm³/mol. The fraction of sp³-hybridized carbons (Fsp3) is 0.722. The van der Waals surface area contributed by atoms with Crippen molar-refractivity contribution in [1.82, 2.24) is 14.9 Å². The zero-order chi connectivity index (χ0) is 16.7. The van der Waals surface area contributed by atoms with Crippen LogP contribution in [0.4, 0.5) is 5.82 Å². The summed E-state index contributed by atoms with van der Waals surface area (Å²) in [6.07, 6.45) is 8.28. The van der Waals surface area contributed by atoms with E-state index in [2.05, 4.69) is 35.6 Å². The first kappa shape index (κ1) is 17.7. The van der Waals surface area contributed by atoms with Crippen LogP contribution in [0.15, 0.2) is 12.4 Å². The van der Waals surface area contributed by atoms with Gasteiger partial charge in [0.15, 0.2) is 0 Å². The first-order valence-corrected chi connectivity index (χ1v) is 9.09. The van der Waals surface area contributed by atoms with Gasteiger partial charge in [0, 0.05) is 31.7 Å². The van der Waals surface area contributed by atoms with Crippen molar-refractivity contribution in [2.24, 2.45) is 0 Å². The number of nitrogens with zero attached hydrogens (tertiary/aromatic N) is 4. The van der Waals surface area contributed by atoms with E-state index in [-0.39, 0.29) is 5.91 Å². The normalized spacial score (nSPS) is 18.0. The molecule has 1 aromatic heterocycles. The summed E-state index contributed by atoms with van der Waals surface area (Å²) >= 11 is 0. The van der Waals surface area contributed by atoms with Crippen LogP contribution in [-0.2, 0) is 0 Å². The number of carbonyl (C=O) groups is 1. The maximum atomic E-state index is 12.7. The molecule has 0 radical (unpaired) electrons. The van der Waals surface area contributed by atoms with Gasteiger partial charge in [-0.25, -0.2) is 9.97 Å². The summed E-state index contributed by atoms with van der Waals surface area (Å²) in [5.74, 6) is 0.935. The lowest BCUT2D eigenvalue weighted by Crippen LogP contribution is -2.40. The van der Waals surface area contributed by atoms with Gasteiger partial charge >= 0.3 is 0 Å². The van der Waals surface area contributed by atoms with Gasteiger partial charge in [0.1, 0.15) is 17.8 Å². The fourth-order valence-electron chi connectivity index (χ4n) is 3.36. The van der Waals surface area contributed by atoms with Crippen molar-refractivity contribution in [2.75, 3.05) is 24.5 Å². The zero-order valence-corrected chi connectivity index (χ0v) is 14.8. The summed E-state index contributed by atoms with van der Waals surface area (Å²) in [4.78, 5) is 25.7. The van der Waals surface area contributed by atoms with Crippen LogP contribution in [0, 0.1) is 0 Å². The minimum atomic E-state index is 0.0300. The zero-order valence-electron chi connectivity index (χ0n) is 14.8. The molecule has 1 unspecified atom stereocenters. The summed E-state index contributed by atoms with van der Waals surface area (Å²) in [5.41, 5.74) is 0.525. The van der Waals surface area contributed by atoms with Crippen LogP contribution in [0.3, 0.4) is 0 Å². The Bertz CT molecular complexity index is 500. The van der Waals surface area contributed by atoms with Crippen LogP contribution >= 0.6 is 0 Å². The second kappa shape index (κ2) is 8.85. The number of aromatic nitrogens is 2. The first-order chi connectivity index (χ1) is 11.2. The Balaban J connectivity index is 2.19. The van der Waals surface area contributed by atoms with Crippen molar-refractivity contribution in [3.05, 3.63) is 18.1 Å². The summed E-state index contributed by atoms with van der Waals surface area (Å²) in [5, 5.41) is 0. The van der Waals surface area contributed by atoms with Gasteiger partial charge in [-0.2, -0.15) is 0 Å². The molecule has 0 spiro atoms. The van der Waals surface area contributed by atoms with E-state index < -0.39 is 0 Å². The van der Waals surface area contributed by atoms with E-state index in [9.17, 15) is 4.79 Å².